The van der Waals surface area contributed by atoms with E-state index in [9.17, 15) is 30.8 Å². The lowest BCUT2D eigenvalue weighted by molar-refractivity contribution is -0.141. The molecular weight excluding hydrogens is 530 g/mol. The number of rotatable bonds is 8. The molecule has 3 aromatic rings. The number of methoxy groups -OCH3 is 1. The first-order valence-electron chi connectivity index (χ1n) is 11.4. The Morgan fingerprint density at radius 2 is 1.84 bits per heavy atom. The number of hydrogen-bond acceptors (Lipinski definition) is 8. The van der Waals surface area contributed by atoms with E-state index in [1.54, 1.807) is 0 Å². The van der Waals surface area contributed by atoms with E-state index in [2.05, 4.69) is 25.6 Å². The molecular formula is C24H23F4N5O4S. The molecule has 38 heavy (non-hydrogen) atoms. The number of halogens is 4. The number of nitrogens with one attached hydrogen (secondary N) is 2. The van der Waals surface area contributed by atoms with E-state index in [1.807, 2.05) is 0 Å². The third kappa shape index (κ3) is 5.37. The standard InChI is InChI=1S/C24H23F4N5O4S/c1-37-13-23(33-22(34)18-3-2-10-29-18,38(35,36)17-7-5-16(25)6-8-17)21-11-19(31-14-32-21)15-4-9-20(30-12-15)24(26,27)28/h4-9,11-12,14,18,29H,2-3,10,13H2,1H3,(H,33,34)/t18?,23-/m0/s1. The second kappa shape index (κ2) is 10.7. The summed E-state index contributed by atoms with van der Waals surface area (Å²) in [6, 6.07) is 6.49. The van der Waals surface area contributed by atoms with Crippen LogP contribution in [0.2, 0.25) is 0 Å². The Hall–Kier alpha value is -3.49. The van der Waals surface area contributed by atoms with Crippen LogP contribution in [-0.4, -0.2) is 55.6 Å². The Morgan fingerprint density at radius 1 is 1.11 bits per heavy atom. The highest BCUT2D eigenvalue weighted by atomic mass is 32.2. The lowest BCUT2D eigenvalue weighted by Gasteiger charge is -2.34. The molecule has 1 aliphatic heterocycles. The number of sulfone groups is 1. The fourth-order valence-electron chi connectivity index (χ4n) is 4.12. The van der Waals surface area contributed by atoms with Gasteiger partial charge in [0, 0.05) is 18.9 Å². The fraction of sp³-hybridized carbons (Fsp3) is 0.333. The SMILES string of the molecule is COC[C@@](NC(=O)C1CCCN1)(c1cc(-c2ccc(C(F)(F)F)nc2)ncn1)S(=O)(=O)c1ccc(F)cc1. The predicted molar refractivity (Wildman–Crippen MR) is 127 cm³/mol. The van der Waals surface area contributed by atoms with Crippen molar-refractivity contribution < 1.29 is 35.5 Å². The molecule has 0 saturated carbocycles. The van der Waals surface area contributed by atoms with Crippen LogP contribution in [0.3, 0.4) is 0 Å². The predicted octanol–water partition coefficient (Wildman–Crippen LogP) is 2.84. The maximum absolute atomic E-state index is 14.1. The van der Waals surface area contributed by atoms with Crippen molar-refractivity contribution in [3.63, 3.8) is 0 Å². The lowest BCUT2D eigenvalue weighted by Crippen LogP contribution is -2.58. The summed E-state index contributed by atoms with van der Waals surface area (Å²) >= 11 is 0. The highest BCUT2D eigenvalue weighted by Crippen LogP contribution is 2.35. The van der Waals surface area contributed by atoms with Crippen LogP contribution in [0.5, 0.6) is 0 Å². The van der Waals surface area contributed by atoms with E-state index < -0.39 is 51.0 Å². The number of aromatic nitrogens is 3. The van der Waals surface area contributed by atoms with Gasteiger partial charge in [0.2, 0.25) is 20.6 Å². The molecule has 4 rings (SSSR count). The van der Waals surface area contributed by atoms with E-state index in [0.29, 0.717) is 19.4 Å². The van der Waals surface area contributed by atoms with Gasteiger partial charge in [-0.3, -0.25) is 9.78 Å². The minimum atomic E-state index is -4.65. The molecule has 1 aromatic carbocycles. The van der Waals surface area contributed by atoms with Crippen LogP contribution in [0.4, 0.5) is 17.6 Å². The highest BCUT2D eigenvalue weighted by molar-refractivity contribution is 7.92. The first-order valence-corrected chi connectivity index (χ1v) is 12.9. The summed E-state index contributed by atoms with van der Waals surface area (Å²) in [6.45, 7) is -0.0223. The first kappa shape index (κ1) is 27.5. The molecule has 1 unspecified atom stereocenters. The monoisotopic (exact) mass is 553 g/mol. The molecule has 202 valence electrons. The molecule has 0 aliphatic carbocycles. The zero-order chi connectivity index (χ0) is 27.6. The van der Waals surface area contributed by atoms with E-state index in [4.69, 9.17) is 4.74 Å². The molecule has 0 spiro atoms. The smallest absolute Gasteiger partial charge is 0.381 e. The topological polar surface area (TPSA) is 123 Å². The molecule has 3 heterocycles. The molecule has 2 atom stereocenters. The molecule has 9 nitrogen and oxygen atoms in total. The van der Waals surface area contributed by atoms with Crippen molar-refractivity contribution in [2.75, 3.05) is 20.3 Å². The summed E-state index contributed by atoms with van der Waals surface area (Å²) in [4.78, 5) is 22.2. The van der Waals surface area contributed by atoms with Crippen LogP contribution >= 0.6 is 0 Å². The number of ether oxygens (including phenoxy) is 1. The number of hydrogen-bond donors (Lipinski definition) is 2. The third-order valence-electron chi connectivity index (χ3n) is 6.06. The second-order valence-electron chi connectivity index (χ2n) is 8.57. The first-order chi connectivity index (χ1) is 18.0. The van der Waals surface area contributed by atoms with Gasteiger partial charge in [-0.2, -0.15) is 13.2 Å². The van der Waals surface area contributed by atoms with Crippen molar-refractivity contribution in [2.45, 2.75) is 34.8 Å². The van der Waals surface area contributed by atoms with Crippen LogP contribution < -0.4 is 10.6 Å². The summed E-state index contributed by atoms with van der Waals surface area (Å²) in [6.07, 6.45) is -1.50. The average molecular weight is 554 g/mol. The zero-order valence-electron chi connectivity index (χ0n) is 20.0. The maximum atomic E-state index is 14.1. The molecule has 2 aromatic heterocycles. The second-order valence-corrected chi connectivity index (χ2v) is 10.7. The normalized spacial score (nSPS) is 17.7. The number of alkyl halides is 3. The number of benzene rings is 1. The van der Waals surface area contributed by atoms with Gasteiger partial charge in [0.25, 0.3) is 0 Å². The van der Waals surface area contributed by atoms with Crippen molar-refractivity contribution in [1.29, 1.82) is 0 Å². The molecule has 1 saturated heterocycles. The Kier molecular flexibility index (Phi) is 7.76. The number of carbonyl (C=O) groups is 1. The zero-order valence-corrected chi connectivity index (χ0v) is 20.8. The largest absolute Gasteiger partial charge is 0.433 e. The van der Waals surface area contributed by atoms with Gasteiger partial charge in [-0.1, -0.05) is 0 Å². The van der Waals surface area contributed by atoms with Gasteiger partial charge in [0.05, 0.1) is 28.9 Å². The van der Waals surface area contributed by atoms with Crippen molar-refractivity contribution in [3.05, 3.63) is 72.2 Å². The molecule has 1 aliphatic rings. The summed E-state index contributed by atoms with van der Waals surface area (Å²) in [5.41, 5.74) is -1.12. The van der Waals surface area contributed by atoms with E-state index >= 15 is 0 Å². The van der Waals surface area contributed by atoms with E-state index in [1.165, 1.54) is 13.2 Å². The molecule has 0 bridgehead atoms. The summed E-state index contributed by atoms with van der Waals surface area (Å²) in [7, 11) is -3.32. The fourth-order valence-corrected chi connectivity index (χ4v) is 5.91. The van der Waals surface area contributed by atoms with Gasteiger partial charge in [-0.05, 0) is 61.9 Å². The van der Waals surface area contributed by atoms with Crippen molar-refractivity contribution in [2.24, 2.45) is 0 Å². The van der Waals surface area contributed by atoms with Gasteiger partial charge in [0.15, 0.2) is 0 Å². The Balaban J connectivity index is 1.86. The number of nitrogens with zero attached hydrogens (tertiary/aromatic N) is 3. The minimum absolute atomic E-state index is 0.0549. The van der Waals surface area contributed by atoms with Crippen molar-refractivity contribution in [1.82, 2.24) is 25.6 Å². The van der Waals surface area contributed by atoms with E-state index in [-0.39, 0.29) is 21.8 Å². The van der Waals surface area contributed by atoms with Crippen LogP contribution in [-0.2, 0) is 30.4 Å². The Morgan fingerprint density at radius 3 is 2.42 bits per heavy atom. The maximum Gasteiger partial charge on any atom is 0.433 e. The molecule has 2 N–H and O–H groups in total. The van der Waals surface area contributed by atoms with Crippen LogP contribution in [0, 0.1) is 5.82 Å². The summed E-state index contributed by atoms with van der Waals surface area (Å²) in [5.74, 6) is -1.29. The van der Waals surface area contributed by atoms with Crippen molar-refractivity contribution >= 4 is 15.7 Å². The summed E-state index contributed by atoms with van der Waals surface area (Å²) < 4.78 is 85.9. The van der Waals surface area contributed by atoms with Gasteiger partial charge in [-0.25, -0.2) is 22.8 Å². The average Bonchev–Trinajstić information content (AvgIpc) is 3.44. The lowest BCUT2D eigenvalue weighted by atomic mass is 10.1. The molecule has 1 fully saturated rings. The van der Waals surface area contributed by atoms with Crippen LogP contribution in [0.25, 0.3) is 11.3 Å². The Labute approximate surface area is 215 Å². The number of pyridine rings is 1. The van der Waals surface area contributed by atoms with Crippen LogP contribution in [0.15, 0.2) is 59.9 Å². The van der Waals surface area contributed by atoms with Gasteiger partial charge in [-0.15, -0.1) is 0 Å². The van der Waals surface area contributed by atoms with Gasteiger partial charge < -0.3 is 15.4 Å². The third-order valence-corrected chi connectivity index (χ3v) is 8.30. The van der Waals surface area contributed by atoms with Crippen LogP contribution in [0.1, 0.15) is 24.2 Å². The number of amides is 1. The highest BCUT2D eigenvalue weighted by Gasteiger charge is 2.50. The van der Waals surface area contributed by atoms with E-state index in [0.717, 1.165) is 48.9 Å². The summed E-state index contributed by atoms with van der Waals surface area (Å²) in [5, 5.41) is 5.58. The molecule has 14 heteroatoms. The van der Waals surface area contributed by atoms with Crippen molar-refractivity contribution in [3.8, 4) is 11.3 Å². The molecule has 0 radical (unpaired) electrons. The van der Waals surface area contributed by atoms with Gasteiger partial charge in [0.1, 0.15) is 17.8 Å². The quantitative estimate of drug-likeness (QED) is 0.323. The molecule has 1 amide bonds. The Bertz CT molecular complexity index is 1400. The van der Waals surface area contributed by atoms with Gasteiger partial charge >= 0.3 is 6.18 Å². The number of carbonyl (C=O) groups excluding carboxylic acids is 1. The minimum Gasteiger partial charge on any atom is -0.381 e.